The number of carbonyl (C=O) groups excluding carboxylic acids is 2. The third-order valence-electron chi connectivity index (χ3n) is 5.24. The molecule has 2 amide bonds. The van der Waals surface area contributed by atoms with Crippen molar-refractivity contribution in [2.24, 2.45) is 5.92 Å². The molecular weight excluding hydrogens is 344 g/mol. The highest BCUT2D eigenvalue weighted by Gasteiger charge is 2.31. The fourth-order valence-corrected chi connectivity index (χ4v) is 3.70. The smallest absolute Gasteiger partial charge is 0.227 e. The van der Waals surface area contributed by atoms with Gasteiger partial charge in [-0.3, -0.25) is 9.59 Å². The molecule has 0 aromatic heterocycles. The third-order valence-corrected chi connectivity index (χ3v) is 5.24. The molecule has 6 nitrogen and oxygen atoms in total. The second kappa shape index (κ2) is 10.4. The van der Waals surface area contributed by atoms with Gasteiger partial charge in [-0.15, -0.1) is 0 Å². The molecule has 148 valence electrons. The molecule has 1 aromatic rings. The van der Waals surface area contributed by atoms with Crippen molar-refractivity contribution in [3.05, 3.63) is 35.9 Å². The fraction of sp³-hybridized carbons (Fsp3) is 0.619. The van der Waals surface area contributed by atoms with E-state index in [4.69, 9.17) is 9.47 Å². The number of nitrogens with zero attached hydrogens (tertiary/aromatic N) is 2. The Labute approximate surface area is 161 Å². The van der Waals surface area contributed by atoms with Gasteiger partial charge in [-0.1, -0.05) is 30.3 Å². The summed E-state index contributed by atoms with van der Waals surface area (Å²) in [6, 6.07) is 10.0. The Bertz CT molecular complexity index is 601. The zero-order valence-corrected chi connectivity index (χ0v) is 16.0. The minimum absolute atomic E-state index is 0.0601. The van der Waals surface area contributed by atoms with Gasteiger partial charge >= 0.3 is 0 Å². The lowest BCUT2D eigenvalue weighted by Gasteiger charge is -2.36. The predicted octanol–water partition coefficient (Wildman–Crippen LogP) is 2.08. The van der Waals surface area contributed by atoms with Crippen LogP contribution in [0.5, 0.6) is 0 Å². The Morgan fingerprint density at radius 3 is 2.63 bits per heavy atom. The molecule has 1 aromatic carbocycles. The second-order valence-corrected chi connectivity index (χ2v) is 7.26. The first kappa shape index (κ1) is 19.8. The number of hydrogen-bond donors (Lipinski definition) is 0. The number of carbonyl (C=O) groups is 2. The summed E-state index contributed by atoms with van der Waals surface area (Å²) < 4.78 is 11.0. The predicted molar refractivity (Wildman–Crippen MR) is 102 cm³/mol. The molecular formula is C21H30N2O4. The standard InChI is InChI=1S/C21H30N2O4/c24-20(9-5-13-27-17-18-6-2-1-3-7-18)23-10-4-8-19(16-23)21(25)22-11-14-26-15-12-22/h1-3,6-7,19H,4-5,8-17H2. The molecule has 1 atom stereocenters. The van der Waals surface area contributed by atoms with E-state index >= 15 is 0 Å². The van der Waals surface area contributed by atoms with Crippen LogP contribution in [-0.4, -0.2) is 67.6 Å². The van der Waals surface area contributed by atoms with Crippen molar-refractivity contribution >= 4 is 11.8 Å². The zero-order chi connectivity index (χ0) is 18.9. The first-order valence-electron chi connectivity index (χ1n) is 10.00. The molecule has 0 N–H and O–H groups in total. The quantitative estimate of drug-likeness (QED) is 0.686. The summed E-state index contributed by atoms with van der Waals surface area (Å²) in [5, 5.41) is 0. The van der Waals surface area contributed by atoms with Crippen LogP contribution in [0.1, 0.15) is 31.2 Å². The minimum atomic E-state index is -0.0601. The van der Waals surface area contributed by atoms with Crippen LogP contribution in [0.2, 0.25) is 0 Å². The van der Waals surface area contributed by atoms with Crippen molar-refractivity contribution in [1.82, 2.24) is 9.80 Å². The summed E-state index contributed by atoms with van der Waals surface area (Å²) in [7, 11) is 0. The summed E-state index contributed by atoms with van der Waals surface area (Å²) in [6.07, 6.45) is 2.97. The second-order valence-electron chi connectivity index (χ2n) is 7.26. The van der Waals surface area contributed by atoms with Crippen LogP contribution >= 0.6 is 0 Å². The number of morpholine rings is 1. The Balaban J connectivity index is 1.36. The summed E-state index contributed by atoms with van der Waals surface area (Å²) in [4.78, 5) is 28.9. The van der Waals surface area contributed by atoms with Crippen LogP contribution in [0, 0.1) is 5.92 Å². The highest BCUT2D eigenvalue weighted by molar-refractivity contribution is 5.81. The summed E-state index contributed by atoms with van der Waals surface area (Å²) in [6.45, 7) is 5.04. The summed E-state index contributed by atoms with van der Waals surface area (Å²) in [5.41, 5.74) is 1.14. The maximum absolute atomic E-state index is 12.7. The SMILES string of the molecule is O=C(CCCOCc1ccccc1)N1CCCC(C(=O)N2CCOCC2)C1. The Morgan fingerprint density at radius 1 is 1.07 bits per heavy atom. The van der Waals surface area contributed by atoms with E-state index in [1.165, 1.54) is 0 Å². The lowest BCUT2D eigenvalue weighted by molar-refractivity contribution is -0.144. The number of ether oxygens (including phenoxy) is 2. The van der Waals surface area contributed by atoms with Crippen molar-refractivity contribution in [3.63, 3.8) is 0 Å². The number of rotatable bonds is 7. The minimum Gasteiger partial charge on any atom is -0.378 e. The van der Waals surface area contributed by atoms with Crippen LogP contribution in [0.15, 0.2) is 30.3 Å². The first-order chi connectivity index (χ1) is 13.2. The van der Waals surface area contributed by atoms with Crippen LogP contribution in [0.4, 0.5) is 0 Å². The van der Waals surface area contributed by atoms with E-state index < -0.39 is 0 Å². The number of hydrogen-bond acceptors (Lipinski definition) is 4. The van der Waals surface area contributed by atoms with Gasteiger partial charge in [0.2, 0.25) is 11.8 Å². The number of amides is 2. The van der Waals surface area contributed by atoms with Crippen molar-refractivity contribution in [2.75, 3.05) is 46.0 Å². The van der Waals surface area contributed by atoms with E-state index in [1.807, 2.05) is 40.1 Å². The van der Waals surface area contributed by atoms with E-state index in [0.29, 0.717) is 58.9 Å². The van der Waals surface area contributed by atoms with Gasteiger partial charge in [0.15, 0.2) is 0 Å². The fourth-order valence-electron chi connectivity index (χ4n) is 3.70. The molecule has 2 aliphatic rings. The average Bonchev–Trinajstić information content (AvgIpc) is 2.74. The topological polar surface area (TPSA) is 59.1 Å². The monoisotopic (exact) mass is 374 g/mol. The lowest BCUT2D eigenvalue weighted by Crippen LogP contribution is -2.49. The van der Waals surface area contributed by atoms with E-state index in [9.17, 15) is 9.59 Å². The van der Waals surface area contributed by atoms with Crippen molar-refractivity contribution in [2.45, 2.75) is 32.3 Å². The molecule has 6 heteroatoms. The summed E-state index contributed by atoms with van der Waals surface area (Å²) in [5.74, 6) is 0.259. The molecule has 0 spiro atoms. The van der Waals surface area contributed by atoms with Gasteiger partial charge in [-0.05, 0) is 24.8 Å². The molecule has 0 saturated carbocycles. The Hall–Kier alpha value is -1.92. The number of likely N-dealkylation sites (tertiary alicyclic amines) is 1. The molecule has 0 bridgehead atoms. The van der Waals surface area contributed by atoms with E-state index in [-0.39, 0.29) is 17.7 Å². The first-order valence-corrected chi connectivity index (χ1v) is 10.00. The van der Waals surface area contributed by atoms with E-state index in [2.05, 4.69) is 0 Å². The zero-order valence-electron chi connectivity index (χ0n) is 16.0. The van der Waals surface area contributed by atoms with Gasteiger partial charge in [0.1, 0.15) is 0 Å². The highest BCUT2D eigenvalue weighted by Crippen LogP contribution is 2.20. The van der Waals surface area contributed by atoms with Crippen LogP contribution < -0.4 is 0 Å². The average molecular weight is 374 g/mol. The normalized spacial score (nSPS) is 20.5. The van der Waals surface area contributed by atoms with Gasteiger partial charge < -0.3 is 19.3 Å². The van der Waals surface area contributed by atoms with Crippen LogP contribution in [0.25, 0.3) is 0 Å². The maximum atomic E-state index is 12.7. The largest absolute Gasteiger partial charge is 0.378 e. The van der Waals surface area contributed by atoms with Crippen LogP contribution in [-0.2, 0) is 25.7 Å². The molecule has 2 aliphatic heterocycles. The maximum Gasteiger partial charge on any atom is 0.227 e. The summed E-state index contributed by atoms with van der Waals surface area (Å²) >= 11 is 0. The molecule has 1 unspecified atom stereocenters. The Morgan fingerprint density at radius 2 is 1.85 bits per heavy atom. The van der Waals surface area contributed by atoms with E-state index in [1.54, 1.807) is 0 Å². The van der Waals surface area contributed by atoms with Gasteiger partial charge in [0, 0.05) is 39.2 Å². The molecule has 0 radical (unpaired) electrons. The molecule has 2 saturated heterocycles. The molecule has 0 aliphatic carbocycles. The lowest BCUT2D eigenvalue weighted by atomic mass is 9.96. The highest BCUT2D eigenvalue weighted by atomic mass is 16.5. The van der Waals surface area contributed by atoms with E-state index in [0.717, 1.165) is 24.9 Å². The van der Waals surface area contributed by atoms with Gasteiger partial charge in [-0.2, -0.15) is 0 Å². The number of benzene rings is 1. The Kier molecular flexibility index (Phi) is 7.66. The molecule has 27 heavy (non-hydrogen) atoms. The van der Waals surface area contributed by atoms with Crippen LogP contribution in [0.3, 0.4) is 0 Å². The van der Waals surface area contributed by atoms with Gasteiger partial charge in [-0.25, -0.2) is 0 Å². The molecule has 2 fully saturated rings. The van der Waals surface area contributed by atoms with Crippen molar-refractivity contribution in [1.29, 1.82) is 0 Å². The molecule has 3 rings (SSSR count). The number of piperidine rings is 1. The van der Waals surface area contributed by atoms with Crippen molar-refractivity contribution < 1.29 is 19.1 Å². The third kappa shape index (κ3) is 6.04. The van der Waals surface area contributed by atoms with Crippen molar-refractivity contribution in [3.8, 4) is 0 Å². The van der Waals surface area contributed by atoms with Gasteiger partial charge in [0.05, 0.1) is 25.7 Å². The van der Waals surface area contributed by atoms with Gasteiger partial charge in [0.25, 0.3) is 0 Å². The molecule has 2 heterocycles.